The first-order valence-electron chi connectivity index (χ1n) is 6.76. The van der Waals surface area contributed by atoms with Crippen LogP contribution in [0.15, 0.2) is 11.0 Å². The number of rotatable bonds is 2. The van der Waals surface area contributed by atoms with E-state index >= 15 is 0 Å². The number of benzene rings is 1. The van der Waals surface area contributed by atoms with E-state index in [-0.39, 0.29) is 17.4 Å². The van der Waals surface area contributed by atoms with E-state index in [0.29, 0.717) is 11.1 Å². The van der Waals surface area contributed by atoms with E-state index in [4.69, 9.17) is 10.8 Å². The summed E-state index contributed by atoms with van der Waals surface area (Å²) in [5, 5.41) is 8.97. The minimum Gasteiger partial charge on any atom is -0.477 e. The van der Waals surface area contributed by atoms with Crippen LogP contribution in [0.3, 0.4) is 0 Å². The number of carboxylic acid groups (broad SMARTS) is 1. The number of pyridine rings is 1. The summed E-state index contributed by atoms with van der Waals surface area (Å²) < 4.78 is 29.1. The van der Waals surface area contributed by atoms with E-state index in [1.807, 2.05) is 0 Å². The van der Waals surface area contributed by atoms with Crippen molar-refractivity contribution in [3.8, 4) is 0 Å². The zero-order chi connectivity index (χ0) is 16.3. The number of hydrogen-bond donors (Lipinski definition) is 2. The van der Waals surface area contributed by atoms with Crippen LogP contribution in [0.1, 0.15) is 33.9 Å². The maximum Gasteiger partial charge on any atom is 0.341 e. The van der Waals surface area contributed by atoms with Crippen LogP contribution in [0.4, 0.5) is 14.5 Å². The fourth-order valence-corrected chi connectivity index (χ4v) is 2.77. The molecule has 2 aromatic rings. The number of nitrogens with zero attached hydrogens (tertiary/aromatic N) is 1. The smallest absolute Gasteiger partial charge is 0.341 e. The quantitative estimate of drug-likeness (QED) is 0.834. The molecule has 0 radical (unpaired) electrons. The van der Waals surface area contributed by atoms with Gasteiger partial charge in [0.05, 0.1) is 22.6 Å². The van der Waals surface area contributed by atoms with Crippen LogP contribution in [0.5, 0.6) is 0 Å². The van der Waals surface area contributed by atoms with Crippen molar-refractivity contribution < 1.29 is 18.7 Å². The predicted molar refractivity (Wildman–Crippen MR) is 77.6 cm³/mol. The lowest BCUT2D eigenvalue weighted by Gasteiger charge is -2.17. The molecular formula is C15H14F2N2O3. The van der Waals surface area contributed by atoms with Gasteiger partial charge in [-0.2, -0.15) is 0 Å². The number of nitrogens with two attached hydrogens (primary N) is 1. The van der Waals surface area contributed by atoms with Gasteiger partial charge in [-0.05, 0) is 25.0 Å². The van der Waals surface area contributed by atoms with Crippen molar-refractivity contribution >= 4 is 22.6 Å². The molecule has 2 unspecified atom stereocenters. The Morgan fingerprint density at radius 2 is 2.00 bits per heavy atom. The number of carbonyl (C=O) groups is 1. The lowest BCUT2D eigenvalue weighted by Crippen LogP contribution is -2.21. The first-order chi connectivity index (χ1) is 10.3. The number of nitrogen functional groups attached to an aromatic ring is 1. The molecule has 1 aliphatic rings. The first-order valence-corrected chi connectivity index (χ1v) is 6.76. The van der Waals surface area contributed by atoms with Crippen LogP contribution in [-0.4, -0.2) is 21.8 Å². The third-order valence-electron chi connectivity index (χ3n) is 4.26. The molecule has 2 atom stereocenters. The summed E-state index contributed by atoms with van der Waals surface area (Å²) in [5.41, 5.74) is 4.94. The van der Waals surface area contributed by atoms with Gasteiger partial charge >= 0.3 is 5.97 Å². The number of aromatic nitrogens is 1. The molecule has 5 nitrogen and oxygen atoms in total. The molecular weight excluding hydrogens is 294 g/mol. The lowest BCUT2D eigenvalue weighted by atomic mass is 10.00. The van der Waals surface area contributed by atoms with Gasteiger partial charge in [-0.15, -0.1) is 0 Å². The fraction of sp³-hybridized carbons (Fsp3) is 0.333. The Bertz CT molecular complexity index is 889. The zero-order valence-corrected chi connectivity index (χ0v) is 12.0. The molecule has 1 aliphatic carbocycles. The third-order valence-corrected chi connectivity index (χ3v) is 4.26. The maximum atomic E-state index is 14.2. The molecule has 0 spiro atoms. The number of aryl methyl sites for hydroxylation is 1. The van der Waals surface area contributed by atoms with Crippen molar-refractivity contribution in [2.45, 2.75) is 32.5 Å². The topological polar surface area (TPSA) is 85.3 Å². The average Bonchev–Trinajstić information content (AvgIpc) is 3.18. The summed E-state index contributed by atoms with van der Waals surface area (Å²) in [6, 6.07) is -0.552. The molecule has 0 saturated heterocycles. The van der Waals surface area contributed by atoms with Gasteiger partial charge in [0, 0.05) is 12.6 Å². The zero-order valence-electron chi connectivity index (χ0n) is 12.0. The van der Waals surface area contributed by atoms with Gasteiger partial charge in [0.25, 0.3) is 0 Å². The number of hydrogen-bond acceptors (Lipinski definition) is 3. The molecule has 0 amide bonds. The van der Waals surface area contributed by atoms with Crippen LogP contribution >= 0.6 is 0 Å². The SMILES string of the molecule is Cc1c(F)c(N)c2c(=O)c(C(=O)O)cn(C3CC3F)c2c1C. The summed E-state index contributed by atoms with van der Waals surface area (Å²) in [4.78, 5) is 23.6. The van der Waals surface area contributed by atoms with Crippen molar-refractivity contribution in [3.05, 3.63) is 38.9 Å². The predicted octanol–water partition coefficient (Wildman–Crippen LogP) is 2.32. The second-order valence-electron chi connectivity index (χ2n) is 5.60. The summed E-state index contributed by atoms with van der Waals surface area (Å²) >= 11 is 0. The molecule has 3 N–H and O–H groups in total. The van der Waals surface area contributed by atoms with Crippen LogP contribution in [-0.2, 0) is 0 Å². The van der Waals surface area contributed by atoms with Crippen molar-refractivity contribution in [1.29, 1.82) is 0 Å². The molecule has 1 heterocycles. The van der Waals surface area contributed by atoms with Crippen molar-refractivity contribution in [3.63, 3.8) is 0 Å². The Morgan fingerprint density at radius 1 is 1.41 bits per heavy atom. The van der Waals surface area contributed by atoms with E-state index < -0.39 is 40.7 Å². The Morgan fingerprint density at radius 3 is 2.50 bits per heavy atom. The number of alkyl halides is 1. The molecule has 1 aromatic carbocycles. The van der Waals surface area contributed by atoms with Crippen LogP contribution < -0.4 is 11.2 Å². The summed E-state index contributed by atoms with van der Waals surface area (Å²) in [7, 11) is 0. The minimum atomic E-state index is -1.45. The fourth-order valence-electron chi connectivity index (χ4n) is 2.77. The van der Waals surface area contributed by atoms with Crippen molar-refractivity contribution in [2.75, 3.05) is 5.73 Å². The molecule has 1 fully saturated rings. The number of halogens is 2. The highest BCUT2D eigenvalue weighted by molar-refractivity contribution is 5.99. The number of fused-ring (bicyclic) bond motifs is 1. The molecule has 116 valence electrons. The second kappa shape index (κ2) is 4.53. The lowest BCUT2D eigenvalue weighted by molar-refractivity contribution is 0.0694. The third kappa shape index (κ3) is 1.81. The molecule has 7 heteroatoms. The van der Waals surface area contributed by atoms with Gasteiger partial charge < -0.3 is 15.4 Å². The van der Waals surface area contributed by atoms with E-state index in [0.717, 1.165) is 6.20 Å². The summed E-state index contributed by atoms with van der Waals surface area (Å²) in [6.07, 6.45) is 0.242. The Labute approximate surface area is 124 Å². The highest BCUT2D eigenvalue weighted by Crippen LogP contribution is 2.42. The molecule has 3 rings (SSSR count). The highest BCUT2D eigenvalue weighted by Gasteiger charge is 2.40. The van der Waals surface area contributed by atoms with Gasteiger partial charge in [-0.1, -0.05) is 0 Å². The largest absolute Gasteiger partial charge is 0.477 e. The Kier molecular flexibility index (Phi) is 2.98. The normalized spacial score (nSPS) is 20.4. The van der Waals surface area contributed by atoms with E-state index in [1.165, 1.54) is 11.5 Å². The van der Waals surface area contributed by atoms with Gasteiger partial charge in [-0.25, -0.2) is 13.6 Å². The molecule has 22 heavy (non-hydrogen) atoms. The van der Waals surface area contributed by atoms with Gasteiger partial charge in [-0.3, -0.25) is 4.79 Å². The highest BCUT2D eigenvalue weighted by atomic mass is 19.1. The van der Waals surface area contributed by atoms with Gasteiger partial charge in [0.15, 0.2) is 0 Å². The number of anilines is 1. The van der Waals surface area contributed by atoms with E-state index in [1.54, 1.807) is 6.92 Å². The number of aromatic carboxylic acids is 1. The van der Waals surface area contributed by atoms with Crippen molar-refractivity contribution in [1.82, 2.24) is 4.57 Å². The standard InChI is InChI=1S/C15H14F2N2O3/c1-5-6(2)13-10(12(18)11(5)17)14(20)7(15(21)22)4-19(13)9-3-8(9)16/h4,8-9H,3,18H2,1-2H3,(H,21,22). The monoisotopic (exact) mass is 308 g/mol. The first kappa shape index (κ1) is 14.5. The van der Waals surface area contributed by atoms with Crippen LogP contribution in [0, 0.1) is 19.7 Å². The molecule has 1 saturated carbocycles. The van der Waals surface area contributed by atoms with E-state index in [2.05, 4.69) is 0 Å². The Hall–Kier alpha value is -2.44. The molecule has 0 bridgehead atoms. The van der Waals surface area contributed by atoms with Gasteiger partial charge in [0.2, 0.25) is 5.43 Å². The van der Waals surface area contributed by atoms with E-state index in [9.17, 15) is 18.4 Å². The average molecular weight is 308 g/mol. The molecule has 1 aromatic heterocycles. The van der Waals surface area contributed by atoms with Crippen LogP contribution in [0.2, 0.25) is 0 Å². The molecule has 0 aliphatic heterocycles. The van der Waals surface area contributed by atoms with Gasteiger partial charge in [0.1, 0.15) is 17.6 Å². The summed E-state index contributed by atoms with van der Waals surface area (Å²) in [5.74, 6) is -2.20. The maximum absolute atomic E-state index is 14.2. The van der Waals surface area contributed by atoms with Crippen molar-refractivity contribution in [2.24, 2.45) is 0 Å². The van der Waals surface area contributed by atoms with Crippen LogP contribution in [0.25, 0.3) is 10.9 Å². The Balaban J connectivity index is 2.56. The minimum absolute atomic E-state index is 0.195. The second-order valence-corrected chi connectivity index (χ2v) is 5.60. The summed E-state index contributed by atoms with van der Waals surface area (Å²) in [6.45, 7) is 3.12. The number of carboxylic acids is 1.